The van der Waals surface area contributed by atoms with Crippen molar-refractivity contribution >= 4 is 23.4 Å². The summed E-state index contributed by atoms with van der Waals surface area (Å²) in [4.78, 5) is 19.9. The number of hydrogen-bond donors (Lipinski definition) is 2. The summed E-state index contributed by atoms with van der Waals surface area (Å²) in [7, 11) is 0. The molecule has 2 aromatic rings. The van der Waals surface area contributed by atoms with Crippen LogP contribution in [0.5, 0.6) is 0 Å². The molecule has 0 aliphatic carbocycles. The number of halogens is 3. The lowest BCUT2D eigenvalue weighted by molar-refractivity contribution is 0.120. The van der Waals surface area contributed by atoms with Gasteiger partial charge in [0.25, 0.3) is 0 Å². The van der Waals surface area contributed by atoms with Gasteiger partial charge < -0.3 is 20.4 Å². The second-order valence-electron chi connectivity index (χ2n) is 7.68. The minimum absolute atomic E-state index is 0.0193. The Balaban J connectivity index is 1.76. The molecule has 3 rings (SSSR count). The molecular weight excluding hydrogens is 421 g/mol. The van der Waals surface area contributed by atoms with Crippen LogP contribution in [0.15, 0.2) is 47.5 Å². The second-order valence-corrected chi connectivity index (χ2v) is 7.68. The first-order chi connectivity index (χ1) is 15.3. The fourth-order valence-electron chi connectivity index (χ4n) is 3.52. The molecule has 1 saturated heterocycles. The summed E-state index contributed by atoms with van der Waals surface area (Å²) in [6.07, 6.45) is 1.71. The van der Waals surface area contributed by atoms with Gasteiger partial charge in [-0.2, -0.15) is 5.26 Å². The van der Waals surface area contributed by atoms with Crippen molar-refractivity contribution in [2.75, 3.05) is 30.3 Å². The van der Waals surface area contributed by atoms with Gasteiger partial charge in [0.15, 0.2) is 0 Å². The van der Waals surface area contributed by atoms with Crippen LogP contribution < -0.4 is 10.6 Å². The molecule has 1 aliphatic heterocycles. The molecule has 0 saturated carbocycles. The van der Waals surface area contributed by atoms with Gasteiger partial charge in [0.05, 0.1) is 11.7 Å². The molecule has 1 atom stereocenters. The van der Waals surface area contributed by atoms with Gasteiger partial charge in [-0.15, -0.1) is 4.99 Å². The number of aliphatic imine (C=N–C) groups is 1. The Labute approximate surface area is 184 Å². The average Bonchev–Trinajstić information content (AvgIpc) is 2.74. The van der Waals surface area contributed by atoms with E-state index in [2.05, 4.69) is 15.6 Å². The number of benzene rings is 2. The number of nitriles is 1. The molecule has 2 aromatic carbocycles. The molecule has 32 heavy (non-hydrogen) atoms. The van der Waals surface area contributed by atoms with Crippen LogP contribution in [-0.2, 0) is 0 Å². The Morgan fingerprint density at radius 1 is 1.12 bits per heavy atom. The third-order valence-corrected chi connectivity index (χ3v) is 5.16. The van der Waals surface area contributed by atoms with Crippen LogP contribution in [0.25, 0.3) is 0 Å². The van der Waals surface area contributed by atoms with Crippen molar-refractivity contribution in [2.45, 2.75) is 19.9 Å². The normalized spacial score (nSPS) is 16.7. The summed E-state index contributed by atoms with van der Waals surface area (Å²) in [6, 6.07) is 8.06. The summed E-state index contributed by atoms with van der Waals surface area (Å²) in [5, 5.41) is 14.6. The SMILES string of the molecule is CC(C)C1CN(C(=O)Nc2cccc(F)c2)CCN1/C(=N/C#N)Nc1ccc(F)cc1F. The van der Waals surface area contributed by atoms with Crippen LogP contribution in [0.1, 0.15) is 13.8 Å². The van der Waals surface area contributed by atoms with Crippen LogP contribution in [0, 0.1) is 34.8 Å². The Kier molecular flexibility index (Phi) is 7.20. The van der Waals surface area contributed by atoms with Crippen molar-refractivity contribution in [3.8, 4) is 6.19 Å². The molecule has 10 heteroatoms. The molecule has 7 nitrogen and oxygen atoms in total. The van der Waals surface area contributed by atoms with Crippen molar-refractivity contribution in [3.05, 3.63) is 59.9 Å². The Morgan fingerprint density at radius 3 is 2.53 bits per heavy atom. The standard InChI is InChI=1S/C22H23F3N6O/c1-14(2)20-12-30(22(32)28-17-5-3-4-15(23)10-17)8-9-31(20)21(27-13-26)29-19-7-6-16(24)11-18(19)25/h3-7,10-11,14,20H,8-9,12H2,1-2H3,(H,27,29)(H,28,32). The Bertz CT molecular complexity index is 1050. The molecule has 1 unspecified atom stereocenters. The number of hydrogen-bond acceptors (Lipinski definition) is 3. The highest BCUT2D eigenvalue weighted by Gasteiger charge is 2.34. The average molecular weight is 444 g/mol. The molecule has 0 spiro atoms. The van der Waals surface area contributed by atoms with Crippen molar-refractivity contribution in [3.63, 3.8) is 0 Å². The van der Waals surface area contributed by atoms with E-state index < -0.39 is 17.5 Å². The van der Waals surface area contributed by atoms with Gasteiger partial charge in [-0.3, -0.25) is 0 Å². The molecular formula is C22H23F3N6O. The molecule has 1 heterocycles. The van der Waals surface area contributed by atoms with Gasteiger partial charge in [-0.05, 0) is 36.2 Å². The zero-order valence-electron chi connectivity index (χ0n) is 17.6. The molecule has 168 valence electrons. The first-order valence-corrected chi connectivity index (χ1v) is 10.1. The number of nitrogens with zero attached hydrogens (tertiary/aromatic N) is 4. The van der Waals surface area contributed by atoms with Crippen molar-refractivity contribution in [1.82, 2.24) is 9.80 Å². The highest BCUT2D eigenvalue weighted by atomic mass is 19.1. The molecule has 0 aromatic heterocycles. The molecule has 1 aliphatic rings. The number of nitrogens with one attached hydrogen (secondary N) is 2. The third-order valence-electron chi connectivity index (χ3n) is 5.16. The van der Waals surface area contributed by atoms with Gasteiger partial charge in [0.1, 0.15) is 17.5 Å². The fourth-order valence-corrected chi connectivity index (χ4v) is 3.52. The number of carbonyl (C=O) groups is 1. The molecule has 0 radical (unpaired) electrons. The quantitative estimate of drug-likeness (QED) is 0.422. The van der Waals surface area contributed by atoms with Gasteiger partial charge in [-0.25, -0.2) is 18.0 Å². The first-order valence-electron chi connectivity index (χ1n) is 10.1. The molecule has 1 fully saturated rings. The smallest absolute Gasteiger partial charge is 0.321 e. The summed E-state index contributed by atoms with van der Waals surface area (Å²) in [5.74, 6) is -1.83. The van der Waals surface area contributed by atoms with E-state index in [4.69, 9.17) is 5.26 Å². The summed E-state index contributed by atoms with van der Waals surface area (Å²) in [5.41, 5.74) is 0.327. The van der Waals surface area contributed by atoms with Crippen molar-refractivity contribution in [2.24, 2.45) is 10.9 Å². The monoisotopic (exact) mass is 444 g/mol. The van der Waals surface area contributed by atoms with E-state index in [9.17, 15) is 18.0 Å². The predicted molar refractivity (Wildman–Crippen MR) is 115 cm³/mol. The zero-order valence-corrected chi connectivity index (χ0v) is 17.6. The maximum absolute atomic E-state index is 14.1. The van der Waals surface area contributed by atoms with E-state index in [0.717, 1.165) is 12.1 Å². The minimum atomic E-state index is -0.815. The van der Waals surface area contributed by atoms with E-state index in [1.807, 2.05) is 13.8 Å². The number of carbonyl (C=O) groups excluding carboxylic acids is 1. The lowest BCUT2D eigenvalue weighted by Crippen LogP contribution is -2.60. The van der Waals surface area contributed by atoms with Crippen molar-refractivity contribution in [1.29, 1.82) is 5.26 Å². The highest BCUT2D eigenvalue weighted by molar-refractivity contribution is 5.95. The van der Waals surface area contributed by atoms with Crippen LogP contribution in [0.2, 0.25) is 0 Å². The highest BCUT2D eigenvalue weighted by Crippen LogP contribution is 2.22. The summed E-state index contributed by atoms with van der Waals surface area (Å²) >= 11 is 0. The number of rotatable bonds is 3. The zero-order chi connectivity index (χ0) is 23.3. The number of guanidine groups is 1. The van der Waals surface area contributed by atoms with Gasteiger partial charge >= 0.3 is 6.03 Å². The minimum Gasteiger partial charge on any atom is -0.335 e. The fraction of sp³-hybridized carbons (Fsp3) is 0.318. The lowest BCUT2D eigenvalue weighted by atomic mass is 10.00. The van der Waals surface area contributed by atoms with E-state index in [0.29, 0.717) is 25.3 Å². The predicted octanol–water partition coefficient (Wildman–Crippen LogP) is 4.23. The van der Waals surface area contributed by atoms with E-state index in [1.165, 1.54) is 24.3 Å². The molecule has 2 N–H and O–H groups in total. The van der Waals surface area contributed by atoms with Gasteiger partial charge in [0.2, 0.25) is 12.2 Å². The number of amides is 2. The summed E-state index contributed by atoms with van der Waals surface area (Å²) < 4.78 is 40.8. The number of piperazine rings is 1. The lowest BCUT2D eigenvalue weighted by Gasteiger charge is -2.44. The van der Waals surface area contributed by atoms with Crippen LogP contribution in [0.3, 0.4) is 0 Å². The first kappa shape index (κ1) is 22.9. The maximum Gasteiger partial charge on any atom is 0.321 e. The van der Waals surface area contributed by atoms with Crippen molar-refractivity contribution < 1.29 is 18.0 Å². The second kappa shape index (κ2) is 10.0. The Morgan fingerprint density at radius 2 is 1.88 bits per heavy atom. The topological polar surface area (TPSA) is 83.8 Å². The third kappa shape index (κ3) is 5.49. The Hall–Kier alpha value is -3.74. The molecule has 0 bridgehead atoms. The van der Waals surface area contributed by atoms with E-state index in [1.54, 1.807) is 22.1 Å². The van der Waals surface area contributed by atoms with Crippen LogP contribution in [0.4, 0.5) is 29.3 Å². The van der Waals surface area contributed by atoms with E-state index in [-0.39, 0.29) is 29.6 Å². The maximum atomic E-state index is 14.1. The number of anilines is 2. The molecule has 2 amide bonds. The number of urea groups is 1. The van der Waals surface area contributed by atoms with E-state index >= 15 is 0 Å². The van der Waals surface area contributed by atoms with Crippen LogP contribution in [-0.4, -0.2) is 47.5 Å². The largest absolute Gasteiger partial charge is 0.335 e. The summed E-state index contributed by atoms with van der Waals surface area (Å²) in [6.45, 7) is 4.82. The van der Waals surface area contributed by atoms with Gasteiger partial charge in [0, 0.05) is 31.4 Å². The van der Waals surface area contributed by atoms with Crippen LogP contribution >= 0.6 is 0 Å². The van der Waals surface area contributed by atoms with Gasteiger partial charge in [-0.1, -0.05) is 19.9 Å².